The Kier molecular flexibility index (Phi) is 4.39. The monoisotopic (exact) mass is 283 g/mol. The zero-order valence-electron chi connectivity index (χ0n) is 12.9. The Labute approximate surface area is 127 Å². The van der Waals surface area contributed by atoms with E-state index < -0.39 is 0 Å². The highest BCUT2D eigenvalue weighted by Crippen LogP contribution is 2.24. The van der Waals surface area contributed by atoms with Gasteiger partial charge in [0.1, 0.15) is 5.82 Å². The average Bonchev–Trinajstić information content (AvgIpc) is 2.73. The summed E-state index contributed by atoms with van der Waals surface area (Å²) in [6.07, 6.45) is 5.31. The maximum atomic E-state index is 6.16. The first kappa shape index (κ1) is 14.3. The Balaban J connectivity index is 1.76. The van der Waals surface area contributed by atoms with Gasteiger partial charge < -0.3 is 5.73 Å². The molecule has 2 heterocycles. The minimum atomic E-state index is 0.685. The first-order valence-corrected chi connectivity index (χ1v) is 8.12. The highest BCUT2D eigenvalue weighted by atomic mass is 15.1. The van der Waals surface area contributed by atoms with Gasteiger partial charge in [-0.1, -0.05) is 31.5 Å². The smallest absolute Gasteiger partial charge is 0.128 e. The first-order chi connectivity index (χ1) is 10.3. The number of hydrogen-bond acceptors (Lipinski definition) is 3. The number of anilines is 1. The van der Waals surface area contributed by atoms with E-state index in [2.05, 4.69) is 35.0 Å². The summed E-state index contributed by atoms with van der Waals surface area (Å²) in [5, 5.41) is 1.18. The van der Waals surface area contributed by atoms with Gasteiger partial charge in [-0.15, -0.1) is 0 Å². The van der Waals surface area contributed by atoms with Crippen LogP contribution in [0.3, 0.4) is 0 Å². The molecular formula is C18H25N3. The van der Waals surface area contributed by atoms with Crippen LogP contribution >= 0.6 is 0 Å². The lowest BCUT2D eigenvalue weighted by atomic mass is 9.98. The van der Waals surface area contributed by atoms with E-state index in [9.17, 15) is 0 Å². The lowest BCUT2D eigenvalue weighted by Gasteiger charge is -2.21. The summed E-state index contributed by atoms with van der Waals surface area (Å²) in [7, 11) is 0. The molecule has 112 valence electrons. The molecule has 1 atom stereocenters. The molecular weight excluding hydrogens is 258 g/mol. The SMILES string of the molecule is CCC1CCCN(Cc2cc3ccccc3nc2N)CC1. The van der Waals surface area contributed by atoms with E-state index in [4.69, 9.17) is 5.73 Å². The third-order valence-electron chi connectivity index (χ3n) is 4.75. The molecule has 1 fully saturated rings. The van der Waals surface area contributed by atoms with Crippen molar-refractivity contribution >= 4 is 16.7 Å². The molecule has 3 rings (SSSR count). The van der Waals surface area contributed by atoms with Crippen molar-refractivity contribution in [1.82, 2.24) is 9.88 Å². The van der Waals surface area contributed by atoms with Crippen LogP contribution in [-0.2, 0) is 6.54 Å². The van der Waals surface area contributed by atoms with Gasteiger partial charge in [0.25, 0.3) is 0 Å². The summed E-state index contributed by atoms with van der Waals surface area (Å²) in [5.74, 6) is 1.59. The molecule has 1 aliphatic rings. The fourth-order valence-corrected chi connectivity index (χ4v) is 3.33. The van der Waals surface area contributed by atoms with E-state index >= 15 is 0 Å². The van der Waals surface area contributed by atoms with Crippen LogP contribution in [0, 0.1) is 5.92 Å². The highest BCUT2D eigenvalue weighted by molar-refractivity contribution is 5.81. The van der Waals surface area contributed by atoms with Gasteiger partial charge >= 0.3 is 0 Å². The summed E-state index contributed by atoms with van der Waals surface area (Å²) in [6, 6.07) is 10.4. The number of likely N-dealkylation sites (tertiary alicyclic amines) is 1. The van der Waals surface area contributed by atoms with Crippen molar-refractivity contribution in [1.29, 1.82) is 0 Å². The number of nitrogens with two attached hydrogens (primary N) is 1. The van der Waals surface area contributed by atoms with Gasteiger partial charge in [-0.3, -0.25) is 4.90 Å². The van der Waals surface area contributed by atoms with Crippen molar-refractivity contribution in [2.75, 3.05) is 18.8 Å². The number of para-hydroxylation sites is 1. The zero-order chi connectivity index (χ0) is 14.7. The van der Waals surface area contributed by atoms with Crippen molar-refractivity contribution in [3.05, 3.63) is 35.9 Å². The van der Waals surface area contributed by atoms with Crippen LogP contribution in [0.25, 0.3) is 10.9 Å². The molecule has 3 heteroatoms. The normalized spacial score (nSPS) is 20.5. The van der Waals surface area contributed by atoms with Gasteiger partial charge in [-0.05, 0) is 50.4 Å². The third-order valence-corrected chi connectivity index (χ3v) is 4.75. The lowest BCUT2D eigenvalue weighted by Crippen LogP contribution is -2.25. The number of benzene rings is 1. The molecule has 0 amide bonds. The van der Waals surface area contributed by atoms with Crippen LogP contribution in [0.4, 0.5) is 5.82 Å². The molecule has 1 aromatic carbocycles. The molecule has 0 aliphatic carbocycles. The fraction of sp³-hybridized carbons (Fsp3) is 0.500. The van der Waals surface area contributed by atoms with E-state index in [-0.39, 0.29) is 0 Å². The van der Waals surface area contributed by atoms with E-state index in [0.717, 1.165) is 18.0 Å². The van der Waals surface area contributed by atoms with Crippen molar-refractivity contribution in [2.45, 2.75) is 39.2 Å². The van der Waals surface area contributed by atoms with Gasteiger partial charge in [0.2, 0.25) is 0 Å². The van der Waals surface area contributed by atoms with Crippen LogP contribution in [-0.4, -0.2) is 23.0 Å². The molecule has 2 aromatic rings. The molecule has 0 saturated carbocycles. The number of aromatic nitrogens is 1. The molecule has 0 radical (unpaired) electrons. The van der Waals surface area contributed by atoms with Crippen molar-refractivity contribution < 1.29 is 0 Å². The molecule has 1 aromatic heterocycles. The van der Waals surface area contributed by atoms with Crippen molar-refractivity contribution in [3.8, 4) is 0 Å². The van der Waals surface area contributed by atoms with Gasteiger partial charge in [0.05, 0.1) is 5.52 Å². The second-order valence-corrected chi connectivity index (χ2v) is 6.21. The summed E-state index contributed by atoms with van der Waals surface area (Å²) in [6.45, 7) is 5.61. The Morgan fingerprint density at radius 1 is 1.24 bits per heavy atom. The highest BCUT2D eigenvalue weighted by Gasteiger charge is 2.17. The standard InChI is InChI=1S/C18H25N3/c1-2-14-6-5-10-21(11-9-14)13-16-12-15-7-3-4-8-17(15)20-18(16)19/h3-4,7-8,12,14H,2,5-6,9-11,13H2,1H3,(H2,19,20). The number of nitrogens with zero attached hydrogens (tertiary/aromatic N) is 2. The Bertz CT molecular complexity index is 608. The predicted octanol–water partition coefficient (Wildman–Crippen LogP) is 3.83. The average molecular weight is 283 g/mol. The largest absolute Gasteiger partial charge is 0.383 e. The Hall–Kier alpha value is -1.61. The predicted molar refractivity (Wildman–Crippen MR) is 89.1 cm³/mol. The molecule has 1 saturated heterocycles. The summed E-state index contributed by atoms with van der Waals surface area (Å²) < 4.78 is 0. The third kappa shape index (κ3) is 3.35. The topological polar surface area (TPSA) is 42.2 Å². The van der Waals surface area contributed by atoms with Crippen LogP contribution < -0.4 is 5.73 Å². The Morgan fingerprint density at radius 3 is 2.95 bits per heavy atom. The number of pyridine rings is 1. The van der Waals surface area contributed by atoms with Crippen molar-refractivity contribution in [2.24, 2.45) is 5.92 Å². The van der Waals surface area contributed by atoms with Crippen LogP contribution in [0.5, 0.6) is 0 Å². The molecule has 3 nitrogen and oxygen atoms in total. The molecule has 1 aliphatic heterocycles. The summed E-state index contributed by atoms with van der Waals surface area (Å²) in [5.41, 5.74) is 8.32. The van der Waals surface area contributed by atoms with Crippen molar-refractivity contribution in [3.63, 3.8) is 0 Å². The molecule has 2 N–H and O–H groups in total. The van der Waals surface area contributed by atoms with Gasteiger partial charge in [0, 0.05) is 17.5 Å². The van der Waals surface area contributed by atoms with Gasteiger partial charge in [0.15, 0.2) is 0 Å². The molecule has 21 heavy (non-hydrogen) atoms. The maximum absolute atomic E-state index is 6.16. The lowest BCUT2D eigenvalue weighted by molar-refractivity contribution is 0.272. The first-order valence-electron chi connectivity index (χ1n) is 8.12. The number of fused-ring (bicyclic) bond motifs is 1. The quantitative estimate of drug-likeness (QED) is 0.931. The Morgan fingerprint density at radius 2 is 2.10 bits per heavy atom. The molecule has 0 bridgehead atoms. The minimum absolute atomic E-state index is 0.685. The maximum Gasteiger partial charge on any atom is 0.128 e. The van der Waals surface area contributed by atoms with E-state index in [0.29, 0.717) is 5.82 Å². The zero-order valence-corrected chi connectivity index (χ0v) is 12.9. The van der Waals surface area contributed by atoms with E-state index in [1.165, 1.54) is 49.7 Å². The number of nitrogen functional groups attached to an aromatic ring is 1. The van der Waals surface area contributed by atoms with E-state index in [1.807, 2.05) is 12.1 Å². The summed E-state index contributed by atoms with van der Waals surface area (Å²) in [4.78, 5) is 7.09. The van der Waals surface area contributed by atoms with Crippen LogP contribution in [0.15, 0.2) is 30.3 Å². The molecule has 1 unspecified atom stereocenters. The number of rotatable bonds is 3. The van der Waals surface area contributed by atoms with Gasteiger partial charge in [-0.25, -0.2) is 4.98 Å². The fourth-order valence-electron chi connectivity index (χ4n) is 3.33. The molecule has 0 spiro atoms. The number of hydrogen-bond donors (Lipinski definition) is 1. The van der Waals surface area contributed by atoms with Gasteiger partial charge in [-0.2, -0.15) is 0 Å². The van der Waals surface area contributed by atoms with E-state index in [1.54, 1.807) is 0 Å². The minimum Gasteiger partial charge on any atom is -0.383 e. The summed E-state index contributed by atoms with van der Waals surface area (Å²) >= 11 is 0. The second kappa shape index (κ2) is 6.44. The van der Waals surface area contributed by atoms with Crippen LogP contribution in [0.2, 0.25) is 0 Å². The second-order valence-electron chi connectivity index (χ2n) is 6.21. The van der Waals surface area contributed by atoms with Crippen LogP contribution in [0.1, 0.15) is 38.2 Å².